The summed E-state index contributed by atoms with van der Waals surface area (Å²) in [6, 6.07) is 1.33. The van der Waals surface area contributed by atoms with Gasteiger partial charge in [0.05, 0.1) is 0 Å². The number of nitrogens with two attached hydrogens (primary N) is 1. The van der Waals surface area contributed by atoms with Crippen LogP contribution in [0.1, 0.15) is 44.9 Å². The second-order valence-corrected chi connectivity index (χ2v) is 6.63. The van der Waals surface area contributed by atoms with Gasteiger partial charge in [-0.3, -0.25) is 0 Å². The standard InChI is InChI=1S/C15H29N3/c16-15(13-4-5-13)12-17-10-6-14(7-11-17)18-8-2-1-3-9-18/h13-15H,1-12,16H2. The summed E-state index contributed by atoms with van der Waals surface area (Å²) in [6.45, 7) is 6.42. The summed E-state index contributed by atoms with van der Waals surface area (Å²) in [7, 11) is 0. The molecule has 0 spiro atoms. The Morgan fingerprint density at radius 3 is 2.17 bits per heavy atom. The number of nitrogens with zero attached hydrogens (tertiary/aromatic N) is 2. The largest absolute Gasteiger partial charge is 0.326 e. The van der Waals surface area contributed by atoms with Crippen LogP contribution in [0.15, 0.2) is 0 Å². The van der Waals surface area contributed by atoms with Crippen molar-refractivity contribution in [3.8, 4) is 0 Å². The zero-order valence-corrected chi connectivity index (χ0v) is 11.7. The molecule has 2 saturated heterocycles. The zero-order chi connectivity index (χ0) is 12.4. The van der Waals surface area contributed by atoms with Gasteiger partial charge >= 0.3 is 0 Å². The lowest BCUT2D eigenvalue weighted by Crippen LogP contribution is -2.49. The lowest BCUT2D eigenvalue weighted by molar-refractivity contribution is 0.0890. The molecule has 0 aromatic rings. The molecule has 3 rings (SSSR count). The average Bonchev–Trinajstić information content (AvgIpc) is 3.25. The number of piperidine rings is 2. The molecule has 3 heteroatoms. The Morgan fingerprint density at radius 2 is 1.56 bits per heavy atom. The van der Waals surface area contributed by atoms with Crippen LogP contribution in [0.25, 0.3) is 0 Å². The summed E-state index contributed by atoms with van der Waals surface area (Å²) in [5, 5.41) is 0. The molecule has 1 unspecified atom stereocenters. The molecule has 2 heterocycles. The Hall–Kier alpha value is -0.120. The van der Waals surface area contributed by atoms with Crippen LogP contribution < -0.4 is 5.73 Å². The molecular formula is C15H29N3. The van der Waals surface area contributed by atoms with Gasteiger partial charge in [0.25, 0.3) is 0 Å². The third-order valence-corrected chi connectivity index (χ3v) is 5.16. The highest BCUT2D eigenvalue weighted by molar-refractivity contribution is 4.88. The third-order valence-electron chi connectivity index (χ3n) is 5.16. The quantitative estimate of drug-likeness (QED) is 0.825. The molecule has 0 aromatic heterocycles. The maximum Gasteiger partial charge on any atom is 0.0196 e. The second-order valence-electron chi connectivity index (χ2n) is 6.63. The number of hydrogen-bond donors (Lipinski definition) is 1. The molecule has 1 atom stereocenters. The Morgan fingerprint density at radius 1 is 0.889 bits per heavy atom. The van der Waals surface area contributed by atoms with E-state index in [1.54, 1.807) is 0 Å². The molecule has 3 aliphatic rings. The maximum atomic E-state index is 6.24. The summed E-state index contributed by atoms with van der Waals surface area (Å²) >= 11 is 0. The van der Waals surface area contributed by atoms with Crippen LogP contribution in [-0.2, 0) is 0 Å². The molecule has 2 aliphatic heterocycles. The van der Waals surface area contributed by atoms with Gasteiger partial charge in [0.15, 0.2) is 0 Å². The van der Waals surface area contributed by atoms with Gasteiger partial charge in [0.1, 0.15) is 0 Å². The highest BCUT2D eigenvalue weighted by Crippen LogP contribution is 2.32. The first-order valence-electron chi connectivity index (χ1n) is 8.05. The molecular weight excluding hydrogens is 222 g/mol. The second kappa shape index (κ2) is 5.89. The summed E-state index contributed by atoms with van der Waals surface area (Å²) < 4.78 is 0. The SMILES string of the molecule is NC(CN1CCC(N2CCCCC2)CC1)C1CC1. The molecule has 0 radical (unpaired) electrons. The van der Waals surface area contributed by atoms with Gasteiger partial charge in [-0.25, -0.2) is 0 Å². The normalized spacial score (nSPS) is 30.5. The van der Waals surface area contributed by atoms with Crippen molar-refractivity contribution in [1.82, 2.24) is 9.80 Å². The van der Waals surface area contributed by atoms with Crippen LogP contribution in [0, 0.1) is 5.92 Å². The van der Waals surface area contributed by atoms with Crippen LogP contribution in [0.3, 0.4) is 0 Å². The van der Waals surface area contributed by atoms with E-state index >= 15 is 0 Å². The molecule has 0 aromatic carbocycles. The fourth-order valence-electron chi connectivity index (χ4n) is 3.72. The smallest absolute Gasteiger partial charge is 0.0196 e. The van der Waals surface area contributed by atoms with E-state index < -0.39 is 0 Å². The van der Waals surface area contributed by atoms with E-state index in [0.29, 0.717) is 6.04 Å². The van der Waals surface area contributed by atoms with Crippen molar-refractivity contribution >= 4 is 0 Å². The first-order valence-corrected chi connectivity index (χ1v) is 8.05. The monoisotopic (exact) mass is 251 g/mol. The minimum absolute atomic E-state index is 0.455. The van der Waals surface area contributed by atoms with Crippen LogP contribution >= 0.6 is 0 Å². The summed E-state index contributed by atoms with van der Waals surface area (Å²) in [5.41, 5.74) is 6.24. The molecule has 104 valence electrons. The van der Waals surface area contributed by atoms with E-state index in [4.69, 9.17) is 5.73 Å². The van der Waals surface area contributed by atoms with Crippen molar-refractivity contribution in [3.63, 3.8) is 0 Å². The van der Waals surface area contributed by atoms with E-state index in [0.717, 1.165) is 18.5 Å². The van der Waals surface area contributed by atoms with Crippen LogP contribution in [0.5, 0.6) is 0 Å². The van der Waals surface area contributed by atoms with E-state index in [1.807, 2.05) is 0 Å². The maximum absolute atomic E-state index is 6.24. The average molecular weight is 251 g/mol. The van der Waals surface area contributed by atoms with Crippen molar-refractivity contribution in [1.29, 1.82) is 0 Å². The molecule has 1 saturated carbocycles. The van der Waals surface area contributed by atoms with Gasteiger partial charge in [0, 0.05) is 18.6 Å². The topological polar surface area (TPSA) is 32.5 Å². The van der Waals surface area contributed by atoms with Crippen molar-refractivity contribution in [2.75, 3.05) is 32.7 Å². The zero-order valence-electron chi connectivity index (χ0n) is 11.7. The van der Waals surface area contributed by atoms with E-state index in [9.17, 15) is 0 Å². The van der Waals surface area contributed by atoms with E-state index in [1.165, 1.54) is 71.1 Å². The molecule has 18 heavy (non-hydrogen) atoms. The molecule has 3 fully saturated rings. The van der Waals surface area contributed by atoms with E-state index in [-0.39, 0.29) is 0 Å². The molecule has 0 bridgehead atoms. The van der Waals surface area contributed by atoms with E-state index in [2.05, 4.69) is 9.80 Å². The highest BCUT2D eigenvalue weighted by Gasteiger charge is 2.31. The molecule has 0 amide bonds. The van der Waals surface area contributed by atoms with Crippen molar-refractivity contribution < 1.29 is 0 Å². The lowest BCUT2D eigenvalue weighted by Gasteiger charge is -2.40. The Labute approximate surface area is 112 Å². The van der Waals surface area contributed by atoms with Gasteiger partial charge in [0.2, 0.25) is 0 Å². The van der Waals surface area contributed by atoms with Crippen LogP contribution in [-0.4, -0.2) is 54.6 Å². The van der Waals surface area contributed by atoms with Crippen molar-refractivity contribution in [2.45, 2.75) is 57.0 Å². The predicted octanol–water partition coefficient (Wildman–Crippen LogP) is 1.67. The summed E-state index contributed by atoms with van der Waals surface area (Å²) in [6.07, 6.45) is 9.80. The molecule has 1 aliphatic carbocycles. The van der Waals surface area contributed by atoms with Gasteiger partial charge in [-0.05, 0) is 70.6 Å². The van der Waals surface area contributed by atoms with Gasteiger partial charge in [-0.2, -0.15) is 0 Å². The fourth-order valence-corrected chi connectivity index (χ4v) is 3.72. The lowest BCUT2D eigenvalue weighted by atomic mass is 9.99. The Kier molecular flexibility index (Phi) is 4.22. The van der Waals surface area contributed by atoms with Crippen molar-refractivity contribution in [3.05, 3.63) is 0 Å². The highest BCUT2D eigenvalue weighted by atomic mass is 15.2. The fraction of sp³-hybridized carbons (Fsp3) is 1.00. The Bertz CT molecular complexity index is 250. The minimum Gasteiger partial charge on any atom is -0.326 e. The first-order chi connectivity index (χ1) is 8.83. The molecule has 3 nitrogen and oxygen atoms in total. The minimum atomic E-state index is 0.455. The predicted molar refractivity (Wildman–Crippen MR) is 75.6 cm³/mol. The van der Waals surface area contributed by atoms with Crippen LogP contribution in [0.4, 0.5) is 0 Å². The molecule has 2 N–H and O–H groups in total. The van der Waals surface area contributed by atoms with Gasteiger partial charge < -0.3 is 15.5 Å². The first kappa shape index (κ1) is 12.9. The van der Waals surface area contributed by atoms with Crippen LogP contribution in [0.2, 0.25) is 0 Å². The third kappa shape index (κ3) is 3.25. The number of likely N-dealkylation sites (tertiary alicyclic amines) is 2. The number of hydrogen-bond acceptors (Lipinski definition) is 3. The summed E-state index contributed by atoms with van der Waals surface area (Å²) in [5.74, 6) is 0.852. The summed E-state index contributed by atoms with van der Waals surface area (Å²) in [4.78, 5) is 5.37. The van der Waals surface area contributed by atoms with Crippen molar-refractivity contribution in [2.24, 2.45) is 11.7 Å². The van der Waals surface area contributed by atoms with Gasteiger partial charge in [-0.15, -0.1) is 0 Å². The van der Waals surface area contributed by atoms with Gasteiger partial charge in [-0.1, -0.05) is 6.42 Å². The number of rotatable bonds is 4. The Balaban J connectivity index is 1.39.